The first-order valence-corrected chi connectivity index (χ1v) is 34.7. The molecule has 26 atom stereocenters. The monoisotopic (exact) mass is 1530 g/mol. The van der Waals surface area contributed by atoms with Crippen molar-refractivity contribution >= 4 is 53.0 Å². The number of non-ortho nitro benzene ring substituents is 1. The number of hydrogen-bond acceptors (Lipinski definition) is 30. The molecular formula is C68H87N13O28. The van der Waals surface area contributed by atoms with Crippen LogP contribution in [0.5, 0.6) is 11.5 Å². The summed E-state index contributed by atoms with van der Waals surface area (Å²) in [4.78, 5) is 99.1. The Morgan fingerprint density at radius 1 is 0.596 bits per heavy atom. The molecule has 23 N–H and O–H groups in total. The van der Waals surface area contributed by atoms with Gasteiger partial charge in [-0.1, -0.05) is 61.5 Å². The summed E-state index contributed by atoms with van der Waals surface area (Å²) in [7, 11) is 0. The molecule has 592 valence electrons. The lowest BCUT2D eigenvalue weighted by Gasteiger charge is -2.48. The van der Waals surface area contributed by atoms with Gasteiger partial charge in [0.2, 0.25) is 41.7 Å². The molecule has 109 heavy (non-hydrogen) atoms. The summed E-state index contributed by atoms with van der Waals surface area (Å²) in [5.41, 5.74) is 1.73. The largest absolute Gasteiger partial charge is 0.489 e. The Kier molecular flexibility index (Phi) is 26.2. The van der Waals surface area contributed by atoms with E-state index in [-0.39, 0.29) is 42.7 Å². The van der Waals surface area contributed by atoms with Crippen LogP contribution in [0.2, 0.25) is 0 Å². The number of guanidine groups is 2. The quantitative estimate of drug-likeness (QED) is 0.0272. The Morgan fingerprint density at radius 3 is 1.94 bits per heavy atom. The van der Waals surface area contributed by atoms with E-state index in [1.165, 1.54) is 36.4 Å². The number of nitrogens with one attached hydrogen (secondary N) is 11. The molecule has 11 rings (SSSR count). The van der Waals surface area contributed by atoms with Crippen molar-refractivity contribution in [1.29, 1.82) is 10.8 Å². The van der Waals surface area contributed by atoms with Gasteiger partial charge in [0.25, 0.3) is 5.69 Å². The predicted molar refractivity (Wildman–Crippen MR) is 366 cm³/mol. The molecule has 0 spiro atoms. The topological polar surface area (TPSA) is 621 Å². The summed E-state index contributed by atoms with van der Waals surface area (Å²) >= 11 is 0. The molecular weight excluding hydrogens is 1450 g/mol. The van der Waals surface area contributed by atoms with Crippen LogP contribution in [0.15, 0.2) is 103 Å². The third kappa shape index (κ3) is 18.4. The van der Waals surface area contributed by atoms with Crippen molar-refractivity contribution < 1.29 is 133 Å². The molecule has 0 aliphatic carbocycles. The standard InChI is InChI=1S/C68H87N13O28/c1-28(31-6-3-2-4-7-31)44-60(97)74-36(59(96)78-45(47(86)37-20-72-67(69)76-37)62(99)79-46(61(98)75-38(23-82)58(95)71-22-43(85)77-44)48(87)39-21-73-68(70)80(39)63-53(92)50(89)49(88)40(24-83)105-63)18-29-12-16-34(17-13-29)104-65-54(93)51(90)56(41(25-84)106-65)109-66-55(94)52(91)57-42(107-66)27-103-64(108-57)32-8-5-9-35(19-32)102-26-30-10-14-33(15-11-30)81(100)101/h2-17,19,28,36-42,44-57,63-66,82-84,86-94H,18,20-27H2,1H3,(H2,70,73)(H,71,95)(H,74,97)(H,75,98)(H,77,85)(H,78,96)(H,79,99)(H3,69,72,76). The van der Waals surface area contributed by atoms with Crippen LogP contribution in [0.1, 0.15) is 41.4 Å². The highest BCUT2D eigenvalue weighted by Crippen LogP contribution is 2.38. The minimum atomic E-state index is -2.37. The van der Waals surface area contributed by atoms with Crippen molar-refractivity contribution in [3.63, 3.8) is 0 Å². The van der Waals surface area contributed by atoms with E-state index in [1.807, 2.05) is 0 Å². The van der Waals surface area contributed by atoms with Crippen LogP contribution in [0.3, 0.4) is 0 Å². The number of carbonyl (C=O) groups is 6. The molecule has 7 fully saturated rings. The summed E-state index contributed by atoms with van der Waals surface area (Å²) in [5.74, 6) is -8.97. The van der Waals surface area contributed by atoms with E-state index in [1.54, 1.807) is 73.7 Å². The summed E-state index contributed by atoms with van der Waals surface area (Å²) < 4.78 is 47.5. The SMILES string of the molecule is CC(c1ccccc1)C1NC(=O)CNC(=O)C(CO)NC(=O)C(C(O)C2CNC(=N)N2C2OC(CO)C(O)C(O)C2O)NC(=O)C(C(O)C2CNC(=N)N2)NC(=O)C(Cc2ccc(OC3OC(CO)C(OC4OC5COC(c6cccc(OCc7ccc([N+](=O)[O-])cc7)c6)OC5C(O)C4O)C(O)C3O)cc2)NC1=O. The second-order valence-electron chi connectivity index (χ2n) is 27.0. The van der Waals surface area contributed by atoms with Crippen molar-refractivity contribution in [1.82, 2.24) is 52.8 Å². The molecule has 0 aromatic heterocycles. The maximum atomic E-state index is 15.2. The maximum absolute atomic E-state index is 15.2. The highest BCUT2D eigenvalue weighted by molar-refractivity contribution is 5.98. The maximum Gasteiger partial charge on any atom is 0.269 e. The fraction of sp³-hybridized carbons (Fsp3) is 0.529. The van der Waals surface area contributed by atoms with Gasteiger partial charge in [0.15, 0.2) is 30.7 Å². The van der Waals surface area contributed by atoms with E-state index in [0.717, 1.165) is 4.90 Å². The van der Waals surface area contributed by atoms with E-state index < -0.39 is 244 Å². The Hall–Kier alpha value is -9.48. The fourth-order valence-electron chi connectivity index (χ4n) is 13.6. The third-order valence-corrected chi connectivity index (χ3v) is 19.8. The van der Waals surface area contributed by atoms with E-state index in [0.29, 0.717) is 22.4 Å². The van der Waals surface area contributed by atoms with Gasteiger partial charge in [-0.25, -0.2) is 0 Å². The fourth-order valence-corrected chi connectivity index (χ4v) is 13.6. The normalized spacial score (nSPS) is 34.5. The van der Waals surface area contributed by atoms with Gasteiger partial charge in [0, 0.05) is 43.1 Å². The first-order chi connectivity index (χ1) is 52.1. The second kappa shape index (κ2) is 35.5. The second-order valence-corrected chi connectivity index (χ2v) is 27.0. The molecule has 0 radical (unpaired) electrons. The average molecular weight is 1530 g/mol. The first kappa shape index (κ1) is 80.5. The minimum Gasteiger partial charge on any atom is -0.489 e. The number of rotatable bonds is 21. The van der Waals surface area contributed by atoms with E-state index >= 15 is 9.59 Å². The van der Waals surface area contributed by atoms with Gasteiger partial charge in [-0.15, -0.1) is 0 Å². The minimum absolute atomic E-state index is 0.0694. The first-order valence-electron chi connectivity index (χ1n) is 34.7. The van der Waals surface area contributed by atoms with Gasteiger partial charge < -0.3 is 152 Å². The summed E-state index contributed by atoms with van der Waals surface area (Å²) in [6.45, 7) is -3.24. The molecule has 6 amide bonds. The third-order valence-electron chi connectivity index (χ3n) is 19.8. The Bertz CT molecular complexity index is 3880. The number of aliphatic hydroxyl groups is 12. The number of carbonyl (C=O) groups excluding carboxylic acids is 6. The average Bonchev–Trinajstić information content (AvgIpc) is 1.76. The number of nitro benzene ring substituents is 1. The number of benzene rings is 4. The molecule has 4 aromatic rings. The number of nitro groups is 1. The Labute approximate surface area is 619 Å². The number of aliphatic hydroxyl groups excluding tert-OH is 12. The van der Waals surface area contributed by atoms with E-state index in [2.05, 4.69) is 47.9 Å². The van der Waals surface area contributed by atoms with E-state index in [9.17, 15) is 90.6 Å². The van der Waals surface area contributed by atoms with Crippen LogP contribution >= 0.6 is 0 Å². The molecule has 7 saturated heterocycles. The smallest absolute Gasteiger partial charge is 0.269 e. The van der Waals surface area contributed by atoms with Crippen molar-refractivity contribution in [3.8, 4) is 11.5 Å². The number of fused-ring (bicyclic) bond motifs is 1. The zero-order valence-electron chi connectivity index (χ0n) is 58.0. The molecule has 0 bridgehead atoms. The molecule has 41 nitrogen and oxygen atoms in total. The lowest BCUT2D eigenvalue weighted by Crippen LogP contribution is -2.69. The molecule has 26 unspecified atom stereocenters. The number of ether oxygens (including phenoxy) is 8. The molecule has 7 aliphatic heterocycles. The molecule has 7 heterocycles. The van der Waals surface area contributed by atoms with Crippen LogP contribution in [0, 0.1) is 20.9 Å². The van der Waals surface area contributed by atoms with Crippen LogP contribution in [-0.4, -0.2) is 311 Å². The van der Waals surface area contributed by atoms with Crippen molar-refractivity contribution in [2.24, 2.45) is 0 Å². The summed E-state index contributed by atoms with van der Waals surface area (Å²) in [6.07, 6.45) is -31.8. The number of hydrogen-bond donors (Lipinski definition) is 23. The Morgan fingerprint density at radius 2 is 1.26 bits per heavy atom. The summed E-state index contributed by atoms with van der Waals surface area (Å²) in [6, 6.07) is 13.1. The van der Waals surface area contributed by atoms with Crippen LogP contribution in [-0.2, 0) is 70.2 Å². The van der Waals surface area contributed by atoms with Gasteiger partial charge in [-0.2, -0.15) is 0 Å². The van der Waals surface area contributed by atoms with Gasteiger partial charge in [0.1, 0.15) is 134 Å². The highest BCUT2D eigenvalue weighted by Gasteiger charge is 2.56. The van der Waals surface area contributed by atoms with Gasteiger partial charge in [-0.3, -0.25) is 49.7 Å². The van der Waals surface area contributed by atoms with Gasteiger partial charge >= 0.3 is 0 Å². The predicted octanol–water partition coefficient (Wildman–Crippen LogP) is -8.94. The van der Waals surface area contributed by atoms with Crippen LogP contribution in [0.25, 0.3) is 0 Å². The lowest BCUT2D eigenvalue weighted by atomic mass is 9.92. The molecule has 4 aromatic carbocycles. The van der Waals surface area contributed by atoms with Crippen LogP contribution in [0.4, 0.5) is 5.69 Å². The summed E-state index contributed by atoms with van der Waals surface area (Å²) in [5, 5.41) is 184. The zero-order valence-corrected chi connectivity index (χ0v) is 58.0. The van der Waals surface area contributed by atoms with E-state index in [4.69, 9.17) is 48.7 Å². The van der Waals surface area contributed by atoms with Gasteiger partial charge in [-0.05, 0) is 53.1 Å². The number of amides is 6. The van der Waals surface area contributed by atoms with Crippen molar-refractivity contribution in [3.05, 3.63) is 135 Å². The molecule has 41 heteroatoms. The van der Waals surface area contributed by atoms with Crippen molar-refractivity contribution in [2.45, 2.75) is 179 Å². The molecule has 0 saturated carbocycles. The van der Waals surface area contributed by atoms with Gasteiger partial charge in [0.05, 0.1) is 50.0 Å². The molecule has 7 aliphatic rings. The highest BCUT2D eigenvalue weighted by atomic mass is 16.8. The van der Waals surface area contributed by atoms with Crippen molar-refractivity contribution in [2.75, 3.05) is 46.1 Å². The Balaban J connectivity index is 0.808. The number of nitrogens with zero attached hydrogens (tertiary/aromatic N) is 2. The van der Waals surface area contributed by atoms with Crippen LogP contribution < -0.4 is 57.3 Å². The zero-order chi connectivity index (χ0) is 78.2. The lowest BCUT2D eigenvalue weighted by molar-refractivity contribution is -0.384.